The fourth-order valence-corrected chi connectivity index (χ4v) is 2.77. The van der Waals surface area contributed by atoms with Gasteiger partial charge in [0.25, 0.3) is 5.91 Å². The van der Waals surface area contributed by atoms with E-state index in [0.717, 1.165) is 18.9 Å². The number of nitrogens with zero attached hydrogens (tertiary/aromatic N) is 4. The van der Waals surface area contributed by atoms with Crippen LogP contribution in [0.25, 0.3) is 0 Å². The summed E-state index contributed by atoms with van der Waals surface area (Å²) in [5, 5.41) is 0. The highest BCUT2D eigenvalue weighted by Gasteiger charge is 2.27. The predicted octanol–water partition coefficient (Wildman–Crippen LogP) is 1.46. The number of amides is 1. The molecule has 0 unspecified atom stereocenters. The molecule has 1 aliphatic heterocycles. The molecule has 2 aromatic heterocycles. The number of ether oxygens (including phenoxy) is 2. The minimum atomic E-state index is -0.147. The zero-order valence-corrected chi connectivity index (χ0v) is 13.8. The third kappa shape index (κ3) is 3.10. The van der Waals surface area contributed by atoms with Crippen LogP contribution in [0.3, 0.4) is 0 Å². The van der Waals surface area contributed by atoms with Crippen LogP contribution in [-0.4, -0.2) is 61.2 Å². The van der Waals surface area contributed by atoms with Crippen molar-refractivity contribution in [3.63, 3.8) is 0 Å². The number of carbonyl (C=O) groups is 1. The van der Waals surface area contributed by atoms with Crippen molar-refractivity contribution < 1.29 is 14.3 Å². The molecule has 0 bridgehead atoms. The number of pyridine rings is 2. The Balaban J connectivity index is 1.72. The van der Waals surface area contributed by atoms with Crippen LogP contribution in [0.5, 0.6) is 11.5 Å². The van der Waals surface area contributed by atoms with E-state index in [9.17, 15) is 4.79 Å². The van der Waals surface area contributed by atoms with E-state index in [0.29, 0.717) is 24.6 Å². The lowest BCUT2D eigenvalue weighted by atomic mass is 10.2. The van der Waals surface area contributed by atoms with Gasteiger partial charge in [0.1, 0.15) is 5.82 Å². The van der Waals surface area contributed by atoms with Crippen molar-refractivity contribution in [2.24, 2.45) is 0 Å². The van der Waals surface area contributed by atoms with Crippen molar-refractivity contribution in [3.05, 3.63) is 42.4 Å². The number of methoxy groups -OCH3 is 2. The SMILES string of the molecule is COc1ccnc(C(=O)N2CCN(c3ccccn3)CC2)c1OC. The Morgan fingerprint density at radius 1 is 1.00 bits per heavy atom. The fourth-order valence-electron chi connectivity index (χ4n) is 2.77. The van der Waals surface area contributed by atoms with E-state index in [1.807, 2.05) is 18.2 Å². The molecule has 0 saturated carbocycles. The molecule has 7 heteroatoms. The van der Waals surface area contributed by atoms with Crippen LogP contribution < -0.4 is 14.4 Å². The van der Waals surface area contributed by atoms with E-state index in [1.165, 1.54) is 14.2 Å². The second-order valence-corrected chi connectivity index (χ2v) is 5.36. The highest BCUT2D eigenvalue weighted by Crippen LogP contribution is 2.30. The molecule has 1 fully saturated rings. The predicted molar refractivity (Wildman–Crippen MR) is 89.7 cm³/mol. The van der Waals surface area contributed by atoms with Gasteiger partial charge in [-0.05, 0) is 12.1 Å². The van der Waals surface area contributed by atoms with Gasteiger partial charge in [0.15, 0.2) is 17.2 Å². The average Bonchev–Trinajstić information content (AvgIpc) is 2.67. The summed E-state index contributed by atoms with van der Waals surface area (Å²) in [5.74, 6) is 1.66. The molecule has 2 aromatic rings. The first kappa shape index (κ1) is 16.0. The van der Waals surface area contributed by atoms with Crippen LogP contribution >= 0.6 is 0 Å². The summed E-state index contributed by atoms with van der Waals surface area (Å²) >= 11 is 0. The molecule has 24 heavy (non-hydrogen) atoms. The molecule has 0 spiro atoms. The highest BCUT2D eigenvalue weighted by atomic mass is 16.5. The van der Waals surface area contributed by atoms with Gasteiger partial charge in [-0.3, -0.25) is 4.79 Å². The first-order chi connectivity index (χ1) is 11.7. The Bertz CT molecular complexity index is 700. The molecule has 3 heterocycles. The Kier molecular flexibility index (Phi) is 4.79. The van der Waals surface area contributed by atoms with Crippen molar-refractivity contribution in [3.8, 4) is 11.5 Å². The van der Waals surface area contributed by atoms with Crippen molar-refractivity contribution in [2.45, 2.75) is 0 Å². The van der Waals surface area contributed by atoms with Gasteiger partial charge >= 0.3 is 0 Å². The summed E-state index contributed by atoms with van der Waals surface area (Å²) in [7, 11) is 3.05. The lowest BCUT2D eigenvalue weighted by Gasteiger charge is -2.35. The summed E-state index contributed by atoms with van der Waals surface area (Å²) < 4.78 is 10.6. The lowest BCUT2D eigenvalue weighted by Crippen LogP contribution is -2.49. The molecular weight excluding hydrogens is 308 g/mol. The Labute approximate surface area is 140 Å². The zero-order chi connectivity index (χ0) is 16.9. The summed E-state index contributed by atoms with van der Waals surface area (Å²) in [5.41, 5.74) is 0.281. The third-order valence-corrected chi connectivity index (χ3v) is 4.04. The molecular formula is C17H20N4O3. The second kappa shape index (κ2) is 7.16. The smallest absolute Gasteiger partial charge is 0.276 e. The summed E-state index contributed by atoms with van der Waals surface area (Å²) in [6.07, 6.45) is 3.33. The maximum atomic E-state index is 12.8. The van der Waals surface area contributed by atoms with Crippen LogP contribution in [0.4, 0.5) is 5.82 Å². The monoisotopic (exact) mass is 328 g/mol. The number of anilines is 1. The molecule has 1 saturated heterocycles. The van der Waals surface area contributed by atoms with Crippen LogP contribution in [0.1, 0.15) is 10.5 Å². The highest BCUT2D eigenvalue weighted by molar-refractivity contribution is 5.96. The Hall–Kier alpha value is -2.83. The van der Waals surface area contributed by atoms with Crippen LogP contribution in [0.15, 0.2) is 36.7 Å². The minimum absolute atomic E-state index is 0.147. The molecule has 0 aliphatic carbocycles. The van der Waals surface area contributed by atoms with Crippen LogP contribution in [-0.2, 0) is 0 Å². The molecule has 1 aliphatic rings. The van der Waals surface area contributed by atoms with E-state index >= 15 is 0 Å². The minimum Gasteiger partial charge on any atom is -0.493 e. The number of aromatic nitrogens is 2. The zero-order valence-electron chi connectivity index (χ0n) is 13.8. The van der Waals surface area contributed by atoms with Gasteiger partial charge in [-0.15, -0.1) is 0 Å². The van der Waals surface area contributed by atoms with E-state index < -0.39 is 0 Å². The number of rotatable bonds is 4. The number of carbonyl (C=O) groups excluding carboxylic acids is 1. The second-order valence-electron chi connectivity index (χ2n) is 5.36. The first-order valence-electron chi connectivity index (χ1n) is 7.77. The molecule has 0 atom stereocenters. The fraction of sp³-hybridized carbons (Fsp3) is 0.353. The largest absolute Gasteiger partial charge is 0.493 e. The van der Waals surface area contributed by atoms with Gasteiger partial charge in [-0.1, -0.05) is 6.07 Å². The van der Waals surface area contributed by atoms with E-state index in [1.54, 1.807) is 23.4 Å². The lowest BCUT2D eigenvalue weighted by molar-refractivity contribution is 0.0736. The standard InChI is InChI=1S/C17H20N4O3/c1-23-13-6-8-19-15(16(13)24-2)17(22)21-11-9-20(10-12-21)14-5-3-4-7-18-14/h3-8H,9-12H2,1-2H3. The summed E-state index contributed by atoms with van der Waals surface area (Å²) in [6.45, 7) is 2.68. The summed E-state index contributed by atoms with van der Waals surface area (Å²) in [4.78, 5) is 25.3. The molecule has 0 N–H and O–H groups in total. The molecule has 3 rings (SSSR count). The van der Waals surface area contributed by atoms with Gasteiger partial charge in [-0.25, -0.2) is 9.97 Å². The van der Waals surface area contributed by atoms with Crippen molar-refractivity contribution >= 4 is 11.7 Å². The molecule has 126 valence electrons. The van der Waals surface area contributed by atoms with Gasteiger partial charge < -0.3 is 19.3 Å². The van der Waals surface area contributed by atoms with Crippen molar-refractivity contribution in [1.82, 2.24) is 14.9 Å². The third-order valence-electron chi connectivity index (χ3n) is 4.04. The molecule has 0 radical (unpaired) electrons. The van der Waals surface area contributed by atoms with Gasteiger partial charge in [0.2, 0.25) is 0 Å². The van der Waals surface area contributed by atoms with Gasteiger partial charge in [0.05, 0.1) is 14.2 Å². The normalized spacial score (nSPS) is 14.4. The van der Waals surface area contributed by atoms with Crippen molar-refractivity contribution in [1.29, 1.82) is 0 Å². The van der Waals surface area contributed by atoms with Gasteiger partial charge in [-0.2, -0.15) is 0 Å². The summed E-state index contributed by atoms with van der Waals surface area (Å²) in [6, 6.07) is 7.51. The maximum Gasteiger partial charge on any atom is 0.276 e. The average molecular weight is 328 g/mol. The maximum absolute atomic E-state index is 12.8. The molecule has 7 nitrogen and oxygen atoms in total. The Morgan fingerprint density at radius 2 is 1.79 bits per heavy atom. The van der Waals surface area contributed by atoms with Crippen LogP contribution in [0, 0.1) is 0 Å². The number of hydrogen-bond acceptors (Lipinski definition) is 6. The molecule has 0 aromatic carbocycles. The van der Waals surface area contributed by atoms with E-state index in [-0.39, 0.29) is 11.6 Å². The topological polar surface area (TPSA) is 67.8 Å². The Morgan fingerprint density at radius 3 is 2.42 bits per heavy atom. The quantitative estimate of drug-likeness (QED) is 0.846. The van der Waals surface area contributed by atoms with Crippen LogP contribution in [0.2, 0.25) is 0 Å². The van der Waals surface area contributed by atoms with E-state index in [4.69, 9.17) is 9.47 Å². The first-order valence-corrected chi connectivity index (χ1v) is 7.77. The van der Waals surface area contributed by atoms with E-state index in [2.05, 4.69) is 14.9 Å². The number of hydrogen-bond donors (Lipinski definition) is 0. The number of piperazine rings is 1. The van der Waals surface area contributed by atoms with Gasteiger partial charge in [0, 0.05) is 44.6 Å². The van der Waals surface area contributed by atoms with Crippen molar-refractivity contribution in [2.75, 3.05) is 45.3 Å². The molecule has 1 amide bonds.